The lowest BCUT2D eigenvalue weighted by Gasteiger charge is -2.14. The van der Waals surface area contributed by atoms with E-state index in [-0.39, 0.29) is 6.42 Å². The Labute approximate surface area is 116 Å². The maximum Gasteiger partial charge on any atom is 0.419 e. The molecule has 9 heteroatoms. The van der Waals surface area contributed by atoms with E-state index < -0.39 is 47.6 Å². The van der Waals surface area contributed by atoms with Crippen molar-refractivity contribution in [3.05, 3.63) is 35.1 Å². The quantitative estimate of drug-likeness (QED) is 0.718. The number of nitrogens with one attached hydrogen (secondary N) is 1. The summed E-state index contributed by atoms with van der Waals surface area (Å²) in [6, 6.07) is 0.113. The number of hydrogen-bond donors (Lipinski definition) is 3. The average molecular weight is 309 g/mol. The molecule has 116 valence electrons. The molecule has 0 aliphatic carbocycles. The van der Waals surface area contributed by atoms with Crippen molar-refractivity contribution in [3.8, 4) is 0 Å². The standard InChI is InChI=1S/C12H11F4NO4/c13-8-2-1-6(5-7(8)12(14,15)16)10(19)17-9(3-4-18)11(20)21/h1-2,5,9,18H,3-4H2,(H,17,19)(H,20,21). The van der Waals surface area contributed by atoms with Crippen LogP contribution in [0.3, 0.4) is 0 Å². The van der Waals surface area contributed by atoms with Gasteiger partial charge in [0.05, 0.1) is 5.56 Å². The van der Waals surface area contributed by atoms with Crippen LogP contribution in [-0.2, 0) is 11.0 Å². The number of alkyl halides is 3. The third-order valence-electron chi connectivity index (χ3n) is 2.56. The molecule has 5 nitrogen and oxygen atoms in total. The second kappa shape index (κ2) is 6.53. The number of carboxylic acids is 1. The lowest BCUT2D eigenvalue weighted by atomic mass is 10.1. The highest BCUT2D eigenvalue weighted by atomic mass is 19.4. The molecule has 0 aliphatic heterocycles. The summed E-state index contributed by atoms with van der Waals surface area (Å²) in [5.74, 6) is -4.10. The molecule has 1 aromatic rings. The first-order valence-corrected chi connectivity index (χ1v) is 5.68. The van der Waals surface area contributed by atoms with Gasteiger partial charge in [-0.25, -0.2) is 9.18 Å². The molecule has 1 rings (SSSR count). The van der Waals surface area contributed by atoms with Gasteiger partial charge in [0.15, 0.2) is 0 Å². The molecule has 21 heavy (non-hydrogen) atoms. The molecule has 0 aliphatic rings. The van der Waals surface area contributed by atoms with Gasteiger partial charge in [0.25, 0.3) is 5.91 Å². The summed E-state index contributed by atoms with van der Waals surface area (Å²) in [6.07, 6.45) is -5.29. The Morgan fingerprint density at radius 3 is 2.38 bits per heavy atom. The van der Waals surface area contributed by atoms with E-state index in [9.17, 15) is 27.2 Å². The van der Waals surface area contributed by atoms with Gasteiger partial charge in [0, 0.05) is 18.6 Å². The SMILES string of the molecule is O=C(NC(CCO)C(=O)O)c1ccc(F)c(C(F)(F)F)c1. The number of aliphatic carboxylic acids is 1. The summed E-state index contributed by atoms with van der Waals surface area (Å²) >= 11 is 0. The highest BCUT2D eigenvalue weighted by Crippen LogP contribution is 2.31. The topological polar surface area (TPSA) is 86.6 Å². The van der Waals surface area contributed by atoms with Crippen molar-refractivity contribution in [2.45, 2.75) is 18.6 Å². The number of rotatable bonds is 5. The zero-order chi connectivity index (χ0) is 16.2. The lowest BCUT2D eigenvalue weighted by Crippen LogP contribution is -2.41. The molecule has 0 aromatic heterocycles. The monoisotopic (exact) mass is 309 g/mol. The van der Waals surface area contributed by atoms with Crippen molar-refractivity contribution in [1.82, 2.24) is 5.32 Å². The van der Waals surface area contributed by atoms with E-state index >= 15 is 0 Å². The molecule has 0 saturated heterocycles. The van der Waals surface area contributed by atoms with Crippen LogP contribution in [0.4, 0.5) is 17.6 Å². The summed E-state index contributed by atoms with van der Waals surface area (Å²) in [6.45, 7) is -0.533. The Morgan fingerprint density at radius 1 is 1.29 bits per heavy atom. The van der Waals surface area contributed by atoms with Gasteiger partial charge in [-0.2, -0.15) is 13.2 Å². The third kappa shape index (κ3) is 4.42. The van der Waals surface area contributed by atoms with Gasteiger partial charge in [-0.05, 0) is 18.2 Å². The third-order valence-corrected chi connectivity index (χ3v) is 2.56. The summed E-state index contributed by atoms with van der Waals surface area (Å²) in [7, 11) is 0. The van der Waals surface area contributed by atoms with E-state index in [4.69, 9.17) is 10.2 Å². The van der Waals surface area contributed by atoms with Crippen molar-refractivity contribution in [2.24, 2.45) is 0 Å². The van der Waals surface area contributed by atoms with Crippen LogP contribution in [0.2, 0.25) is 0 Å². The van der Waals surface area contributed by atoms with Gasteiger partial charge in [-0.1, -0.05) is 0 Å². The molecule has 0 bridgehead atoms. The first-order valence-electron chi connectivity index (χ1n) is 5.68. The predicted molar refractivity (Wildman–Crippen MR) is 62.0 cm³/mol. The van der Waals surface area contributed by atoms with E-state index in [2.05, 4.69) is 0 Å². The molecule has 0 spiro atoms. The zero-order valence-corrected chi connectivity index (χ0v) is 10.4. The summed E-state index contributed by atoms with van der Waals surface area (Å²) in [5.41, 5.74) is -2.16. The highest BCUT2D eigenvalue weighted by Gasteiger charge is 2.35. The van der Waals surface area contributed by atoms with E-state index in [1.165, 1.54) is 0 Å². The fourth-order valence-corrected chi connectivity index (χ4v) is 1.51. The van der Waals surface area contributed by atoms with Crippen LogP contribution >= 0.6 is 0 Å². The fraction of sp³-hybridized carbons (Fsp3) is 0.333. The van der Waals surface area contributed by atoms with Gasteiger partial charge in [-0.3, -0.25) is 4.79 Å². The molecule has 1 amide bonds. The molecule has 1 unspecified atom stereocenters. The smallest absolute Gasteiger partial charge is 0.419 e. The Morgan fingerprint density at radius 2 is 1.90 bits per heavy atom. The molecular weight excluding hydrogens is 298 g/mol. The Kier molecular flexibility index (Phi) is 5.25. The minimum absolute atomic E-state index is 0.294. The molecule has 1 aromatic carbocycles. The van der Waals surface area contributed by atoms with E-state index in [1.807, 2.05) is 5.32 Å². The van der Waals surface area contributed by atoms with Crippen molar-refractivity contribution in [3.63, 3.8) is 0 Å². The first kappa shape index (κ1) is 16.9. The van der Waals surface area contributed by atoms with E-state index in [0.717, 1.165) is 6.07 Å². The van der Waals surface area contributed by atoms with Crippen LogP contribution in [0.1, 0.15) is 22.3 Å². The van der Waals surface area contributed by atoms with Crippen LogP contribution in [-0.4, -0.2) is 34.7 Å². The van der Waals surface area contributed by atoms with Gasteiger partial charge in [-0.15, -0.1) is 0 Å². The van der Waals surface area contributed by atoms with Gasteiger partial charge >= 0.3 is 12.1 Å². The van der Waals surface area contributed by atoms with Crippen molar-refractivity contribution in [2.75, 3.05) is 6.61 Å². The number of carbonyl (C=O) groups excluding carboxylic acids is 1. The average Bonchev–Trinajstić information content (AvgIpc) is 2.37. The molecule has 0 fully saturated rings. The van der Waals surface area contributed by atoms with Crippen LogP contribution in [0.5, 0.6) is 0 Å². The highest BCUT2D eigenvalue weighted by molar-refractivity contribution is 5.96. The number of amides is 1. The number of carboxylic acid groups (broad SMARTS) is 1. The Balaban J connectivity index is 3.00. The maximum atomic E-state index is 13.1. The number of carbonyl (C=O) groups is 2. The summed E-state index contributed by atoms with van der Waals surface area (Å²) < 4.78 is 50.6. The molecule has 0 saturated carbocycles. The molecule has 1 atom stereocenters. The van der Waals surface area contributed by atoms with Crippen LogP contribution in [0.15, 0.2) is 18.2 Å². The maximum absolute atomic E-state index is 13.1. The number of aliphatic hydroxyl groups excluding tert-OH is 1. The predicted octanol–water partition coefficient (Wildman–Crippen LogP) is 1.41. The van der Waals surface area contributed by atoms with Crippen molar-refractivity contribution in [1.29, 1.82) is 0 Å². The van der Waals surface area contributed by atoms with Gasteiger partial charge in [0.2, 0.25) is 0 Å². The first-order chi connectivity index (χ1) is 9.66. The van der Waals surface area contributed by atoms with Gasteiger partial charge in [0.1, 0.15) is 11.9 Å². The van der Waals surface area contributed by atoms with Crippen LogP contribution < -0.4 is 5.32 Å². The molecule has 3 N–H and O–H groups in total. The van der Waals surface area contributed by atoms with E-state index in [1.54, 1.807) is 0 Å². The number of aliphatic hydroxyl groups is 1. The van der Waals surface area contributed by atoms with Crippen molar-refractivity contribution >= 4 is 11.9 Å². The minimum atomic E-state index is -4.97. The van der Waals surface area contributed by atoms with Crippen LogP contribution in [0, 0.1) is 5.82 Å². The minimum Gasteiger partial charge on any atom is -0.480 e. The summed E-state index contributed by atoms with van der Waals surface area (Å²) in [4.78, 5) is 22.4. The number of hydrogen-bond acceptors (Lipinski definition) is 3. The molecule has 0 radical (unpaired) electrons. The second-order valence-electron chi connectivity index (χ2n) is 4.07. The van der Waals surface area contributed by atoms with E-state index in [0.29, 0.717) is 12.1 Å². The largest absolute Gasteiger partial charge is 0.480 e. The van der Waals surface area contributed by atoms with Crippen LogP contribution in [0.25, 0.3) is 0 Å². The fourth-order valence-electron chi connectivity index (χ4n) is 1.51. The molecular formula is C12H11F4NO4. The van der Waals surface area contributed by atoms with Crippen molar-refractivity contribution < 1.29 is 37.4 Å². The number of benzene rings is 1. The summed E-state index contributed by atoms with van der Waals surface area (Å²) in [5, 5.41) is 19.3. The Bertz CT molecular complexity index is 545. The normalized spacial score (nSPS) is 12.8. The zero-order valence-electron chi connectivity index (χ0n) is 10.4. The molecule has 0 heterocycles. The second-order valence-corrected chi connectivity index (χ2v) is 4.07. The lowest BCUT2D eigenvalue weighted by molar-refractivity contribution is -0.140. The Hall–Kier alpha value is -2.16. The number of halogens is 4. The van der Waals surface area contributed by atoms with Gasteiger partial charge < -0.3 is 15.5 Å².